The summed E-state index contributed by atoms with van der Waals surface area (Å²) in [6, 6.07) is 17.3. The van der Waals surface area contributed by atoms with Crippen molar-refractivity contribution in [1.82, 2.24) is 13.5 Å². The zero-order valence-corrected chi connectivity index (χ0v) is 25.3. The monoisotopic (exact) mass is 624 g/mol. The van der Waals surface area contributed by atoms with Crippen LogP contribution in [0.3, 0.4) is 0 Å². The second-order valence-electron chi connectivity index (χ2n) is 9.95. The van der Waals surface area contributed by atoms with Crippen molar-refractivity contribution in [3.05, 3.63) is 111 Å². The minimum atomic E-state index is -3.94. The van der Waals surface area contributed by atoms with E-state index in [0.29, 0.717) is 38.8 Å². The molecule has 210 valence electrons. The lowest BCUT2D eigenvalue weighted by molar-refractivity contribution is 0.589. The minimum absolute atomic E-state index is 0.169. The van der Waals surface area contributed by atoms with E-state index in [-0.39, 0.29) is 10.5 Å². The summed E-state index contributed by atoms with van der Waals surface area (Å²) in [5.41, 5.74) is 4.04. The van der Waals surface area contributed by atoms with Crippen molar-refractivity contribution in [2.75, 3.05) is 29.5 Å². The Morgan fingerprint density at radius 2 is 1.71 bits per heavy atom. The van der Waals surface area contributed by atoms with Gasteiger partial charge in [0.15, 0.2) is 5.65 Å². The Hall–Kier alpha value is -3.24. The molecular weight excluding hydrogens is 599 g/mol. The van der Waals surface area contributed by atoms with E-state index in [1.54, 1.807) is 59.6 Å². The molecule has 0 aliphatic carbocycles. The molecule has 2 aromatic carbocycles. The number of aromatic nitrogens is 3. The summed E-state index contributed by atoms with van der Waals surface area (Å²) in [5, 5.41) is 1.54. The fourth-order valence-electron chi connectivity index (χ4n) is 4.94. The lowest BCUT2D eigenvalue weighted by Gasteiger charge is -2.28. The largest absolute Gasteiger partial charge is 0.369 e. The maximum Gasteiger partial charge on any atom is 0.269 e. The van der Waals surface area contributed by atoms with E-state index < -0.39 is 10.0 Å². The number of halogens is 2. The predicted molar refractivity (Wildman–Crippen MR) is 168 cm³/mol. The molecule has 6 rings (SSSR count). The van der Waals surface area contributed by atoms with Gasteiger partial charge in [-0.15, -0.1) is 0 Å². The number of anilines is 1. The zero-order chi connectivity index (χ0) is 28.7. The molecule has 0 N–H and O–H groups in total. The van der Waals surface area contributed by atoms with Gasteiger partial charge in [0.25, 0.3) is 15.6 Å². The maximum absolute atomic E-state index is 13.8. The van der Waals surface area contributed by atoms with Crippen LogP contribution in [0.4, 0.5) is 5.69 Å². The Morgan fingerprint density at radius 1 is 0.951 bits per heavy atom. The molecule has 41 heavy (non-hydrogen) atoms. The van der Waals surface area contributed by atoms with Crippen molar-refractivity contribution in [3.8, 4) is 11.1 Å². The SMILES string of the molecule is Cc1ccc(S(=O)(=O)n2cc(-c3ccn(Cc4ccc(Cl)c(Cl)c4)c(=O)c3)c3cc(N4CCSCC4)cnc32)cc1. The number of pyridine rings is 2. The quantitative estimate of drug-likeness (QED) is 0.220. The summed E-state index contributed by atoms with van der Waals surface area (Å²) in [7, 11) is -3.94. The number of nitrogens with zero attached hydrogens (tertiary/aromatic N) is 4. The Kier molecular flexibility index (Phi) is 7.63. The molecule has 0 unspecified atom stereocenters. The van der Waals surface area contributed by atoms with E-state index >= 15 is 0 Å². The van der Waals surface area contributed by atoms with Crippen LogP contribution in [0.25, 0.3) is 22.2 Å². The summed E-state index contributed by atoms with van der Waals surface area (Å²) in [6.07, 6.45) is 5.01. The normalized spacial score (nSPS) is 14.1. The highest BCUT2D eigenvalue weighted by Gasteiger charge is 2.24. The fraction of sp³-hybridized carbons (Fsp3) is 0.200. The summed E-state index contributed by atoms with van der Waals surface area (Å²) < 4.78 is 30.4. The summed E-state index contributed by atoms with van der Waals surface area (Å²) >= 11 is 14.1. The molecule has 0 amide bonds. The first-order valence-corrected chi connectivity index (χ1v) is 16.4. The van der Waals surface area contributed by atoms with Crippen molar-refractivity contribution in [3.63, 3.8) is 0 Å². The molecular formula is C30H26Cl2N4O3S2. The number of fused-ring (bicyclic) bond motifs is 1. The van der Waals surface area contributed by atoms with Crippen molar-refractivity contribution in [2.45, 2.75) is 18.4 Å². The Balaban J connectivity index is 1.46. The number of thioether (sulfide) groups is 1. The van der Waals surface area contributed by atoms with Crippen LogP contribution in [0, 0.1) is 6.92 Å². The molecule has 0 radical (unpaired) electrons. The van der Waals surface area contributed by atoms with Crippen LogP contribution >= 0.6 is 35.0 Å². The van der Waals surface area contributed by atoms with Gasteiger partial charge in [0.05, 0.1) is 33.4 Å². The molecule has 1 aliphatic rings. The Bertz CT molecular complexity index is 1930. The maximum atomic E-state index is 13.8. The molecule has 11 heteroatoms. The topological polar surface area (TPSA) is 77.2 Å². The van der Waals surface area contributed by atoms with Gasteiger partial charge in [-0.3, -0.25) is 4.79 Å². The summed E-state index contributed by atoms with van der Waals surface area (Å²) in [6.45, 7) is 4.00. The van der Waals surface area contributed by atoms with Crippen LogP contribution in [-0.4, -0.2) is 46.5 Å². The third kappa shape index (κ3) is 5.51. The van der Waals surface area contributed by atoms with Crippen molar-refractivity contribution >= 4 is 61.7 Å². The summed E-state index contributed by atoms with van der Waals surface area (Å²) in [4.78, 5) is 20.3. The predicted octanol–water partition coefficient (Wildman–Crippen LogP) is 6.32. The van der Waals surface area contributed by atoms with E-state index in [9.17, 15) is 13.2 Å². The third-order valence-corrected chi connectivity index (χ3v) is 10.5. The Morgan fingerprint density at radius 3 is 2.41 bits per heavy atom. The van der Waals surface area contributed by atoms with Crippen LogP contribution < -0.4 is 10.5 Å². The second-order valence-corrected chi connectivity index (χ2v) is 13.8. The van der Waals surface area contributed by atoms with Crippen LogP contribution in [0.1, 0.15) is 11.1 Å². The van der Waals surface area contributed by atoms with Gasteiger partial charge >= 0.3 is 0 Å². The van der Waals surface area contributed by atoms with Gasteiger partial charge in [-0.2, -0.15) is 11.8 Å². The molecule has 0 spiro atoms. The molecule has 1 fully saturated rings. The average Bonchev–Trinajstić information content (AvgIpc) is 3.36. The van der Waals surface area contributed by atoms with Gasteiger partial charge in [0.1, 0.15) is 0 Å². The first kappa shape index (κ1) is 27.9. The van der Waals surface area contributed by atoms with Crippen LogP contribution in [-0.2, 0) is 16.6 Å². The minimum Gasteiger partial charge on any atom is -0.369 e. The van der Waals surface area contributed by atoms with E-state index in [4.69, 9.17) is 23.2 Å². The number of hydrogen-bond acceptors (Lipinski definition) is 6. The molecule has 0 saturated carbocycles. The molecule has 0 atom stereocenters. The fourth-order valence-corrected chi connectivity index (χ4v) is 7.49. The highest BCUT2D eigenvalue weighted by Crippen LogP contribution is 2.34. The van der Waals surface area contributed by atoms with E-state index in [2.05, 4.69) is 9.88 Å². The number of benzene rings is 2. The van der Waals surface area contributed by atoms with Gasteiger partial charge in [-0.05, 0) is 54.4 Å². The summed E-state index contributed by atoms with van der Waals surface area (Å²) in [5.74, 6) is 2.04. The lowest BCUT2D eigenvalue weighted by Crippen LogP contribution is -2.32. The molecule has 5 aromatic rings. The average molecular weight is 626 g/mol. The molecule has 7 nitrogen and oxygen atoms in total. The van der Waals surface area contributed by atoms with E-state index in [1.807, 2.05) is 36.9 Å². The van der Waals surface area contributed by atoms with Gasteiger partial charge < -0.3 is 9.47 Å². The number of aryl methyl sites for hydroxylation is 1. The Labute approximate surface area is 252 Å². The number of rotatable bonds is 6. The van der Waals surface area contributed by atoms with Crippen LogP contribution in [0.5, 0.6) is 0 Å². The zero-order valence-electron chi connectivity index (χ0n) is 22.1. The van der Waals surface area contributed by atoms with Gasteiger partial charge in [0, 0.05) is 54.0 Å². The first-order chi connectivity index (χ1) is 19.7. The van der Waals surface area contributed by atoms with Crippen molar-refractivity contribution < 1.29 is 8.42 Å². The number of hydrogen-bond donors (Lipinski definition) is 0. The first-order valence-electron chi connectivity index (χ1n) is 13.0. The second kappa shape index (κ2) is 11.2. The van der Waals surface area contributed by atoms with Crippen molar-refractivity contribution in [2.24, 2.45) is 0 Å². The highest BCUT2D eigenvalue weighted by atomic mass is 35.5. The third-order valence-electron chi connectivity index (χ3n) is 7.20. The van der Waals surface area contributed by atoms with E-state index in [0.717, 1.165) is 41.4 Å². The molecule has 4 heterocycles. The smallest absolute Gasteiger partial charge is 0.269 e. The van der Waals surface area contributed by atoms with E-state index in [1.165, 1.54) is 10.0 Å². The van der Waals surface area contributed by atoms with Crippen LogP contribution in [0.15, 0.2) is 88.9 Å². The van der Waals surface area contributed by atoms with Gasteiger partial charge in [-0.25, -0.2) is 17.4 Å². The molecule has 1 aliphatic heterocycles. The van der Waals surface area contributed by atoms with Crippen LogP contribution in [0.2, 0.25) is 10.0 Å². The van der Waals surface area contributed by atoms with Gasteiger partial charge in [-0.1, -0.05) is 47.0 Å². The van der Waals surface area contributed by atoms with Gasteiger partial charge in [0.2, 0.25) is 0 Å². The standard InChI is InChI=1S/C30H26Cl2N4O3S2/c1-20-2-5-24(6-3-20)41(38,39)36-19-26(25-16-23(17-33-30(25)36)34-10-12-40-13-11-34)22-8-9-35(29(37)15-22)18-21-4-7-27(31)28(32)14-21/h2-9,14-17,19H,10-13,18H2,1H3. The molecule has 1 saturated heterocycles. The molecule has 0 bridgehead atoms. The lowest BCUT2D eigenvalue weighted by atomic mass is 10.1. The van der Waals surface area contributed by atoms with Crippen molar-refractivity contribution in [1.29, 1.82) is 0 Å². The molecule has 3 aromatic heterocycles. The highest BCUT2D eigenvalue weighted by molar-refractivity contribution is 7.99.